The predicted octanol–water partition coefficient (Wildman–Crippen LogP) is 28.1. The number of allylic oxidation sites excluding steroid dienone is 38. The first-order chi connectivity index (χ1) is 50.8. The monoisotopic (exact) mass is 1440 g/mol. The van der Waals surface area contributed by atoms with Crippen molar-refractivity contribution in [3.8, 4) is 0 Å². The Labute approximate surface area is 632 Å². The molecule has 0 heterocycles. The Morgan fingerprint density at radius 2 is 0.505 bits per heavy atom. The van der Waals surface area contributed by atoms with Gasteiger partial charge in [0.1, 0.15) is 6.61 Å². The average Bonchev–Trinajstić information content (AvgIpc) is 0.970. The molecule has 0 aromatic heterocycles. The Hall–Kier alpha value is -5.93. The second-order valence-electron chi connectivity index (χ2n) is 26.2. The third-order valence-electron chi connectivity index (χ3n) is 16.5. The molecule has 0 saturated heterocycles. The highest BCUT2D eigenvalue weighted by molar-refractivity contribution is 7.47. The molecule has 0 aliphatic rings. The van der Waals surface area contributed by atoms with E-state index in [1.165, 1.54) is 103 Å². The van der Waals surface area contributed by atoms with Gasteiger partial charge >= 0.3 is 19.8 Å². The van der Waals surface area contributed by atoms with Gasteiger partial charge in [0.25, 0.3) is 0 Å². The first-order valence-corrected chi connectivity index (χ1v) is 42.4. The maximum atomic E-state index is 12.8. The largest absolute Gasteiger partial charge is 0.472 e. The smallest absolute Gasteiger partial charge is 0.462 e. The Morgan fingerprint density at radius 1 is 0.291 bits per heavy atom. The van der Waals surface area contributed by atoms with E-state index in [2.05, 4.69) is 245 Å². The van der Waals surface area contributed by atoms with Crippen LogP contribution in [0.5, 0.6) is 0 Å². The van der Waals surface area contributed by atoms with Crippen LogP contribution >= 0.6 is 7.82 Å². The van der Waals surface area contributed by atoms with Gasteiger partial charge in [0.05, 0.1) is 13.2 Å². The molecule has 0 aliphatic carbocycles. The van der Waals surface area contributed by atoms with Gasteiger partial charge in [-0.25, -0.2) is 4.57 Å². The van der Waals surface area contributed by atoms with E-state index in [0.717, 1.165) is 173 Å². The lowest BCUT2D eigenvalue weighted by Crippen LogP contribution is -2.29. The van der Waals surface area contributed by atoms with E-state index in [0.29, 0.717) is 6.42 Å². The zero-order chi connectivity index (χ0) is 74.3. The van der Waals surface area contributed by atoms with Gasteiger partial charge in [-0.1, -0.05) is 367 Å². The van der Waals surface area contributed by atoms with Crippen molar-refractivity contribution >= 4 is 19.8 Å². The van der Waals surface area contributed by atoms with Crippen LogP contribution in [0.3, 0.4) is 0 Å². The molecule has 2 atom stereocenters. The number of phosphoric acid groups is 1. The minimum absolute atomic E-state index is 0.0417. The molecule has 0 aromatic carbocycles. The molecule has 3 N–H and O–H groups in total. The van der Waals surface area contributed by atoms with Gasteiger partial charge in [0.15, 0.2) is 6.10 Å². The number of rotatable bonds is 74. The van der Waals surface area contributed by atoms with Crippen LogP contribution in [0.15, 0.2) is 231 Å². The second kappa shape index (κ2) is 85.0. The zero-order valence-electron chi connectivity index (χ0n) is 65.2. The number of ether oxygens (including phenoxy) is 2. The summed E-state index contributed by atoms with van der Waals surface area (Å²) < 4.78 is 33.3. The Balaban J connectivity index is 3.93. The molecule has 578 valence electrons. The van der Waals surface area contributed by atoms with Gasteiger partial charge in [0, 0.05) is 19.4 Å². The molecule has 0 fully saturated rings. The Morgan fingerprint density at radius 3 is 0.748 bits per heavy atom. The van der Waals surface area contributed by atoms with Crippen molar-refractivity contribution in [2.24, 2.45) is 5.73 Å². The first-order valence-electron chi connectivity index (χ1n) is 40.9. The summed E-state index contributed by atoms with van der Waals surface area (Å²) in [6.07, 6.45) is 133. The number of unbranched alkanes of at least 4 members (excludes halogenated alkanes) is 23. The van der Waals surface area contributed by atoms with E-state index in [4.69, 9.17) is 24.3 Å². The van der Waals surface area contributed by atoms with Crippen molar-refractivity contribution in [1.29, 1.82) is 0 Å². The van der Waals surface area contributed by atoms with E-state index in [1.54, 1.807) is 0 Å². The van der Waals surface area contributed by atoms with Crippen LogP contribution in [0.1, 0.15) is 309 Å². The summed E-state index contributed by atoms with van der Waals surface area (Å²) in [6.45, 7) is 3.50. The summed E-state index contributed by atoms with van der Waals surface area (Å²) in [4.78, 5) is 35.5. The molecule has 0 aliphatic heterocycles. The molecule has 0 saturated carbocycles. The number of hydrogen-bond acceptors (Lipinski definition) is 8. The predicted molar refractivity (Wildman–Crippen MR) is 449 cm³/mol. The fourth-order valence-electron chi connectivity index (χ4n) is 10.6. The molecule has 103 heavy (non-hydrogen) atoms. The van der Waals surface area contributed by atoms with Crippen molar-refractivity contribution in [1.82, 2.24) is 0 Å². The van der Waals surface area contributed by atoms with E-state index in [9.17, 15) is 19.0 Å². The summed E-state index contributed by atoms with van der Waals surface area (Å²) in [5, 5.41) is 0. The van der Waals surface area contributed by atoms with Crippen LogP contribution in [-0.2, 0) is 32.7 Å². The number of nitrogens with two attached hydrogens (primary N) is 1. The number of carbonyl (C=O) groups is 2. The van der Waals surface area contributed by atoms with Gasteiger partial charge in [-0.15, -0.1) is 0 Å². The topological polar surface area (TPSA) is 134 Å². The molecule has 0 radical (unpaired) electrons. The van der Waals surface area contributed by atoms with Crippen molar-refractivity contribution < 1.29 is 37.6 Å². The van der Waals surface area contributed by atoms with Crippen molar-refractivity contribution in [2.75, 3.05) is 26.4 Å². The lowest BCUT2D eigenvalue weighted by Gasteiger charge is -2.19. The van der Waals surface area contributed by atoms with Gasteiger partial charge in [-0.2, -0.15) is 0 Å². The minimum atomic E-state index is -4.42. The quantitative estimate of drug-likeness (QED) is 0.0264. The van der Waals surface area contributed by atoms with Crippen molar-refractivity contribution in [3.63, 3.8) is 0 Å². The molecule has 0 spiro atoms. The zero-order valence-corrected chi connectivity index (χ0v) is 66.1. The van der Waals surface area contributed by atoms with E-state index in [1.807, 2.05) is 0 Å². The third kappa shape index (κ3) is 84.9. The summed E-state index contributed by atoms with van der Waals surface area (Å²) >= 11 is 0. The molecular weight excluding hydrogens is 1290 g/mol. The third-order valence-corrected chi connectivity index (χ3v) is 17.5. The number of carbonyl (C=O) groups excluding carboxylic acids is 2. The molecular formula is C93H148NO8P. The van der Waals surface area contributed by atoms with Crippen molar-refractivity contribution in [3.05, 3.63) is 231 Å². The lowest BCUT2D eigenvalue weighted by atomic mass is 10.0. The number of hydrogen-bond donors (Lipinski definition) is 2. The maximum absolute atomic E-state index is 12.8. The van der Waals surface area contributed by atoms with Gasteiger partial charge in [-0.3, -0.25) is 18.6 Å². The Kier molecular flexibility index (Phi) is 80.1. The highest BCUT2D eigenvalue weighted by atomic mass is 31.2. The van der Waals surface area contributed by atoms with E-state index in [-0.39, 0.29) is 38.6 Å². The lowest BCUT2D eigenvalue weighted by molar-refractivity contribution is -0.161. The second-order valence-corrected chi connectivity index (χ2v) is 27.6. The van der Waals surface area contributed by atoms with Crippen LogP contribution in [0.25, 0.3) is 0 Å². The molecule has 9 nitrogen and oxygen atoms in total. The van der Waals surface area contributed by atoms with Gasteiger partial charge < -0.3 is 20.1 Å². The highest BCUT2D eigenvalue weighted by Gasteiger charge is 2.26. The molecule has 0 bridgehead atoms. The molecule has 10 heteroatoms. The average molecular weight is 1440 g/mol. The van der Waals surface area contributed by atoms with Crippen LogP contribution in [0.2, 0.25) is 0 Å². The molecule has 0 amide bonds. The van der Waals surface area contributed by atoms with Crippen LogP contribution in [0.4, 0.5) is 0 Å². The van der Waals surface area contributed by atoms with Crippen LogP contribution in [0, 0.1) is 0 Å². The van der Waals surface area contributed by atoms with E-state index < -0.39 is 26.5 Å². The Bertz CT molecular complexity index is 2560. The van der Waals surface area contributed by atoms with Crippen molar-refractivity contribution in [2.45, 2.75) is 315 Å². The summed E-state index contributed by atoms with van der Waals surface area (Å²) in [5.41, 5.74) is 5.41. The van der Waals surface area contributed by atoms with Gasteiger partial charge in [0.2, 0.25) is 0 Å². The van der Waals surface area contributed by atoms with Gasteiger partial charge in [-0.05, 0) is 161 Å². The normalized spacial score (nSPS) is 14.1. The first kappa shape index (κ1) is 97.1. The molecule has 0 rings (SSSR count). The standard InChI is InChI=1S/C93H148NO8P/c1-3-5-7-9-11-13-15-17-19-21-23-25-27-29-31-33-35-37-39-41-43-45-47-49-51-53-55-57-59-61-63-65-67-69-71-73-75-77-79-81-83-85-92(95)99-89-91(90-101-103(97,98)100-88-87-94)102-93(96)86-84-82-80-78-76-74-72-70-68-66-64-62-60-58-56-54-52-50-48-46-44-42-40-38-36-34-32-30-28-26-24-22-20-18-16-14-12-10-8-6-4-2/h5-8,11-14,17-20,23-26,29-32,35-38,41-44,47-50,54,56,60,62,66,68,91H,3-4,9-10,15-16,21-22,27-28,33-34,39-40,45-46,51-53,55,57-59,61,63-65,67,69-90,94H2,1-2H3,(H,97,98)/b7-5-,8-6-,13-11-,14-12-,19-17-,20-18-,25-23-,26-24-,31-29-,32-30-,37-35-,38-36-,43-41-,44-42-,49-47-,50-48-,56-54-,62-60-,68-66-. The maximum Gasteiger partial charge on any atom is 0.472 e. The van der Waals surface area contributed by atoms with Crippen LogP contribution in [-0.4, -0.2) is 49.3 Å². The summed E-state index contributed by atoms with van der Waals surface area (Å²) in [5.74, 6) is -0.848. The fourth-order valence-corrected chi connectivity index (χ4v) is 11.4. The van der Waals surface area contributed by atoms with E-state index >= 15 is 0 Å². The highest BCUT2D eigenvalue weighted by Crippen LogP contribution is 2.43. The summed E-state index contributed by atoms with van der Waals surface area (Å²) in [7, 11) is -4.42. The van der Waals surface area contributed by atoms with Crippen LogP contribution < -0.4 is 5.73 Å². The number of esters is 2. The minimum Gasteiger partial charge on any atom is -0.462 e. The SMILES string of the molecule is CC/C=C\C/C=C\C/C=C\C/C=C\C/C=C\C/C=C\C/C=C\C/C=C\C/C=C\C/C=C\C/C=C\CCCCCCCCCC(=O)OC(COC(=O)CCCCCCCCCCCCCCCCCC/C=C\C/C=C\C/C=C\C/C=C\C/C=C\C/C=C\C/C=C\C/C=C\CC)COP(=O)(O)OCCN. The number of phosphoric ester groups is 1. The molecule has 0 aromatic rings. The summed E-state index contributed by atoms with van der Waals surface area (Å²) in [6, 6.07) is 0. The molecule has 2 unspecified atom stereocenters. The fraction of sp³-hybridized carbons (Fsp3) is 0.570.